The van der Waals surface area contributed by atoms with Crippen LogP contribution in [0, 0.1) is 11.3 Å². The highest BCUT2D eigenvalue weighted by Crippen LogP contribution is 2.02. The van der Waals surface area contributed by atoms with E-state index in [1.54, 1.807) is 24.3 Å². The van der Waals surface area contributed by atoms with Crippen molar-refractivity contribution in [1.82, 2.24) is 5.32 Å². The molecule has 0 fully saturated rings. The number of benzene rings is 1. The van der Waals surface area contributed by atoms with E-state index in [1.165, 1.54) is 0 Å². The average molecular weight is 175 g/mol. The van der Waals surface area contributed by atoms with Gasteiger partial charge in [-0.1, -0.05) is 12.1 Å². The van der Waals surface area contributed by atoms with Gasteiger partial charge in [0.25, 0.3) is 0 Å². The zero-order chi connectivity index (χ0) is 9.68. The van der Waals surface area contributed by atoms with Crippen LogP contribution < -0.4 is 5.32 Å². The van der Waals surface area contributed by atoms with Crippen LogP contribution in [0.4, 0.5) is 4.79 Å². The van der Waals surface area contributed by atoms with Crippen molar-refractivity contribution >= 4 is 6.09 Å². The van der Waals surface area contributed by atoms with Gasteiger partial charge in [-0.25, -0.2) is 9.90 Å². The lowest BCUT2D eigenvalue weighted by atomic mass is 10.1. The number of hydrogen-bond donors (Lipinski definition) is 1. The SMILES string of the molecule is N#Cc1ccc(CNC([O])=O)cc1. The molecule has 1 rings (SSSR count). The molecule has 0 aliphatic carbocycles. The lowest BCUT2D eigenvalue weighted by molar-refractivity contribution is 0.168. The van der Waals surface area contributed by atoms with Gasteiger partial charge >= 0.3 is 6.09 Å². The normalized spacial score (nSPS) is 8.85. The molecule has 13 heavy (non-hydrogen) atoms. The largest absolute Gasteiger partial charge is 0.450 e. The summed E-state index contributed by atoms with van der Waals surface area (Å²) in [5.41, 5.74) is 1.35. The summed E-state index contributed by atoms with van der Waals surface area (Å²) in [6.07, 6.45) is -1.30. The van der Waals surface area contributed by atoms with Gasteiger partial charge in [0.15, 0.2) is 0 Å². The summed E-state index contributed by atoms with van der Waals surface area (Å²) in [6, 6.07) is 8.61. The van der Waals surface area contributed by atoms with Crippen LogP contribution in [0.5, 0.6) is 0 Å². The first-order chi connectivity index (χ1) is 6.22. The molecule has 0 saturated carbocycles. The maximum atomic E-state index is 10.0. The standard InChI is InChI=1S/C9H7N2O2/c10-5-7-1-3-8(4-2-7)6-11-9(12)13/h1-4,11H,6H2. The smallest absolute Gasteiger partial charge is 0.314 e. The highest BCUT2D eigenvalue weighted by molar-refractivity contribution is 5.63. The van der Waals surface area contributed by atoms with Crippen molar-refractivity contribution in [2.75, 3.05) is 0 Å². The zero-order valence-corrected chi connectivity index (χ0v) is 6.78. The number of hydrogen-bond acceptors (Lipinski definition) is 2. The van der Waals surface area contributed by atoms with Gasteiger partial charge in [-0.2, -0.15) is 5.26 Å². The first-order valence-electron chi connectivity index (χ1n) is 3.66. The van der Waals surface area contributed by atoms with E-state index in [4.69, 9.17) is 5.26 Å². The number of carbonyl (C=O) groups excluding carboxylic acids is 1. The number of nitrogens with zero attached hydrogens (tertiary/aromatic N) is 1. The number of amides is 1. The van der Waals surface area contributed by atoms with E-state index in [0.29, 0.717) is 5.56 Å². The van der Waals surface area contributed by atoms with E-state index in [-0.39, 0.29) is 6.54 Å². The van der Waals surface area contributed by atoms with Gasteiger partial charge in [-0.3, -0.25) is 0 Å². The fourth-order valence-corrected chi connectivity index (χ4v) is 0.871. The molecule has 4 heteroatoms. The van der Waals surface area contributed by atoms with E-state index in [9.17, 15) is 9.90 Å². The topological polar surface area (TPSA) is 72.8 Å². The van der Waals surface area contributed by atoms with E-state index in [0.717, 1.165) is 5.56 Å². The number of nitriles is 1. The van der Waals surface area contributed by atoms with Crippen molar-refractivity contribution in [2.24, 2.45) is 0 Å². The average Bonchev–Trinajstić information content (AvgIpc) is 2.15. The third-order valence-electron chi connectivity index (χ3n) is 1.52. The van der Waals surface area contributed by atoms with E-state index < -0.39 is 6.09 Å². The van der Waals surface area contributed by atoms with E-state index >= 15 is 0 Å². The monoisotopic (exact) mass is 175 g/mol. The molecule has 1 radical (unpaired) electrons. The minimum absolute atomic E-state index is 0.202. The highest BCUT2D eigenvalue weighted by atomic mass is 16.4. The van der Waals surface area contributed by atoms with Crippen LogP contribution in [0.25, 0.3) is 0 Å². The quantitative estimate of drug-likeness (QED) is 0.733. The van der Waals surface area contributed by atoms with E-state index in [1.807, 2.05) is 6.07 Å². The number of nitrogens with one attached hydrogen (secondary N) is 1. The zero-order valence-electron chi connectivity index (χ0n) is 6.78. The summed E-state index contributed by atoms with van der Waals surface area (Å²) < 4.78 is 0. The first kappa shape index (κ1) is 9.07. The molecule has 1 aromatic rings. The highest BCUT2D eigenvalue weighted by Gasteiger charge is 1.97. The van der Waals surface area contributed by atoms with Crippen LogP contribution in [0.3, 0.4) is 0 Å². The van der Waals surface area contributed by atoms with Gasteiger partial charge in [0, 0.05) is 6.54 Å². The molecule has 0 heterocycles. The predicted octanol–water partition coefficient (Wildman–Crippen LogP) is 1.20. The van der Waals surface area contributed by atoms with Crippen molar-refractivity contribution in [3.63, 3.8) is 0 Å². The van der Waals surface area contributed by atoms with Gasteiger partial charge in [0.05, 0.1) is 11.6 Å². The fraction of sp³-hybridized carbons (Fsp3) is 0.111. The Hall–Kier alpha value is -2.02. The van der Waals surface area contributed by atoms with Crippen molar-refractivity contribution in [2.45, 2.75) is 6.54 Å². The van der Waals surface area contributed by atoms with Crippen molar-refractivity contribution < 1.29 is 9.90 Å². The Morgan fingerprint density at radius 1 is 1.38 bits per heavy atom. The van der Waals surface area contributed by atoms with Crippen molar-refractivity contribution in [1.29, 1.82) is 5.26 Å². The molecule has 0 atom stereocenters. The van der Waals surface area contributed by atoms with Crippen LogP contribution in [0.1, 0.15) is 11.1 Å². The third-order valence-corrected chi connectivity index (χ3v) is 1.52. The van der Waals surface area contributed by atoms with Crippen LogP contribution in [-0.2, 0) is 11.7 Å². The molecule has 0 saturated heterocycles. The second-order valence-corrected chi connectivity index (χ2v) is 2.45. The molecule has 0 unspecified atom stereocenters. The van der Waals surface area contributed by atoms with Crippen molar-refractivity contribution in [3.05, 3.63) is 35.4 Å². The van der Waals surface area contributed by atoms with E-state index in [2.05, 4.69) is 5.32 Å². The van der Waals surface area contributed by atoms with Gasteiger partial charge in [0.1, 0.15) is 0 Å². The Morgan fingerprint density at radius 2 is 2.00 bits per heavy atom. The first-order valence-corrected chi connectivity index (χ1v) is 3.66. The second kappa shape index (κ2) is 4.12. The fourth-order valence-electron chi connectivity index (χ4n) is 0.871. The molecular formula is C9H7N2O2. The Morgan fingerprint density at radius 3 is 2.46 bits per heavy atom. The molecule has 4 nitrogen and oxygen atoms in total. The summed E-state index contributed by atoms with van der Waals surface area (Å²) in [5, 5.41) is 20.6. The predicted molar refractivity (Wildman–Crippen MR) is 44.1 cm³/mol. The Labute approximate surface area is 75.4 Å². The van der Waals surface area contributed by atoms with Crippen LogP contribution in [-0.4, -0.2) is 6.09 Å². The molecule has 0 aliphatic heterocycles. The lowest BCUT2D eigenvalue weighted by Gasteiger charge is -1.98. The van der Waals surface area contributed by atoms with Gasteiger partial charge in [-0.05, 0) is 17.7 Å². The van der Waals surface area contributed by atoms with Crippen molar-refractivity contribution in [3.8, 4) is 6.07 Å². The molecular weight excluding hydrogens is 168 g/mol. The van der Waals surface area contributed by atoms with Crippen LogP contribution >= 0.6 is 0 Å². The molecule has 1 aromatic carbocycles. The number of rotatable bonds is 2. The van der Waals surface area contributed by atoms with Crippen LogP contribution in [0.2, 0.25) is 0 Å². The maximum absolute atomic E-state index is 10.0. The molecule has 1 amide bonds. The minimum atomic E-state index is -1.30. The minimum Gasteiger partial charge on any atom is -0.314 e. The van der Waals surface area contributed by atoms with Crippen LogP contribution in [0.15, 0.2) is 24.3 Å². The molecule has 0 aliphatic rings. The molecule has 0 aromatic heterocycles. The Kier molecular flexibility index (Phi) is 2.87. The molecule has 0 spiro atoms. The summed E-state index contributed by atoms with van der Waals surface area (Å²) >= 11 is 0. The summed E-state index contributed by atoms with van der Waals surface area (Å²) in [7, 11) is 0. The second-order valence-electron chi connectivity index (χ2n) is 2.45. The molecule has 1 N–H and O–H groups in total. The molecule has 0 bridgehead atoms. The lowest BCUT2D eigenvalue weighted by Crippen LogP contribution is -2.18. The number of carbonyl (C=O) groups is 1. The Bertz CT molecular complexity index is 338. The summed E-state index contributed by atoms with van der Waals surface area (Å²) in [5.74, 6) is 0. The maximum Gasteiger partial charge on any atom is 0.450 e. The summed E-state index contributed by atoms with van der Waals surface area (Å²) in [4.78, 5) is 10.0. The summed E-state index contributed by atoms with van der Waals surface area (Å²) in [6.45, 7) is 0.202. The van der Waals surface area contributed by atoms with Gasteiger partial charge < -0.3 is 5.32 Å². The third kappa shape index (κ3) is 2.83. The molecule has 65 valence electrons. The Balaban J connectivity index is 2.60. The van der Waals surface area contributed by atoms with Gasteiger partial charge in [0.2, 0.25) is 0 Å². The van der Waals surface area contributed by atoms with Gasteiger partial charge in [-0.15, -0.1) is 0 Å².